The molecule has 22 heavy (non-hydrogen) atoms. The van der Waals surface area contributed by atoms with Crippen LogP contribution in [0.15, 0.2) is 12.1 Å². The van der Waals surface area contributed by atoms with E-state index in [1.165, 1.54) is 19.1 Å². The monoisotopic (exact) mass is 328 g/mol. The van der Waals surface area contributed by atoms with Gasteiger partial charge >= 0.3 is 0 Å². The summed E-state index contributed by atoms with van der Waals surface area (Å²) in [5.41, 5.74) is 0.244. The van der Waals surface area contributed by atoms with Crippen LogP contribution in [0.3, 0.4) is 0 Å². The van der Waals surface area contributed by atoms with Crippen LogP contribution < -0.4 is 4.74 Å². The third-order valence-electron chi connectivity index (χ3n) is 2.96. The van der Waals surface area contributed by atoms with Crippen molar-refractivity contribution >= 4 is 23.2 Å². The van der Waals surface area contributed by atoms with E-state index >= 15 is 0 Å². The maximum Gasteiger partial charge on any atom is 0.185 e. The highest BCUT2D eigenvalue weighted by molar-refractivity contribution is 8.13. The van der Waals surface area contributed by atoms with E-state index in [0.29, 0.717) is 12.0 Å². The second-order valence-corrected chi connectivity index (χ2v) is 5.92. The average Bonchev–Trinajstić information content (AvgIpc) is 2.48. The SMILES string of the molecule is CCOc1cc(C=O)cc(C(O)C(O)CCSC(C)=O)c1O. The minimum atomic E-state index is -1.38. The van der Waals surface area contributed by atoms with Crippen LogP contribution >= 0.6 is 11.8 Å². The molecular weight excluding hydrogens is 308 g/mol. The molecule has 0 spiro atoms. The Bertz CT molecular complexity index is 531. The number of thioether (sulfide) groups is 1. The number of rotatable bonds is 8. The fourth-order valence-corrected chi connectivity index (χ4v) is 2.55. The molecule has 3 N–H and O–H groups in total. The standard InChI is InChI=1S/C15H20O6S/c1-3-21-13-7-10(8-16)6-11(15(13)20)14(19)12(18)4-5-22-9(2)17/h6-8,12,14,18-20H,3-5H2,1-2H3. The fourth-order valence-electron chi connectivity index (χ4n) is 1.90. The molecule has 2 atom stereocenters. The van der Waals surface area contributed by atoms with Crippen molar-refractivity contribution in [3.8, 4) is 11.5 Å². The number of phenolic OH excluding ortho intramolecular Hbond substituents is 1. The first-order valence-electron chi connectivity index (χ1n) is 6.85. The summed E-state index contributed by atoms with van der Waals surface area (Å²) in [6.45, 7) is 3.42. The first-order chi connectivity index (χ1) is 10.4. The lowest BCUT2D eigenvalue weighted by molar-refractivity contribution is -0.109. The Morgan fingerprint density at radius 2 is 2.09 bits per heavy atom. The highest BCUT2D eigenvalue weighted by Crippen LogP contribution is 2.37. The van der Waals surface area contributed by atoms with Crippen molar-refractivity contribution in [1.29, 1.82) is 0 Å². The van der Waals surface area contributed by atoms with Gasteiger partial charge in [0.25, 0.3) is 0 Å². The molecule has 6 nitrogen and oxygen atoms in total. The second kappa shape index (κ2) is 8.77. The normalized spacial score (nSPS) is 13.5. The Labute approximate surface area is 133 Å². The first-order valence-corrected chi connectivity index (χ1v) is 7.83. The zero-order valence-electron chi connectivity index (χ0n) is 12.5. The molecule has 1 aromatic rings. The van der Waals surface area contributed by atoms with Crippen molar-refractivity contribution in [1.82, 2.24) is 0 Å². The summed E-state index contributed by atoms with van der Waals surface area (Å²) in [6, 6.07) is 2.66. The van der Waals surface area contributed by atoms with Gasteiger partial charge in [0.05, 0.1) is 12.7 Å². The Kier molecular flexibility index (Phi) is 7.37. The van der Waals surface area contributed by atoms with Gasteiger partial charge in [0.2, 0.25) is 0 Å². The first kappa shape index (κ1) is 18.5. The number of carbonyl (C=O) groups excluding carboxylic acids is 2. The van der Waals surface area contributed by atoms with Crippen molar-refractivity contribution < 1.29 is 29.6 Å². The maximum atomic E-state index is 10.9. The highest BCUT2D eigenvalue weighted by atomic mass is 32.2. The predicted octanol–water partition coefficient (Wildman–Crippen LogP) is 1.67. The molecule has 0 saturated carbocycles. The number of aliphatic hydroxyl groups is 2. The van der Waals surface area contributed by atoms with E-state index in [0.717, 1.165) is 11.8 Å². The van der Waals surface area contributed by atoms with Gasteiger partial charge in [0, 0.05) is 23.8 Å². The molecule has 1 rings (SSSR count). The summed E-state index contributed by atoms with van der Waals surface area (Å²) in [4.78, 5) is 21.8. The molecule has 0 bridgehead atoms. The lowest BCUT2D eigenvalue weighted by atomic mass is 9.99. The molecule has 0 aliphatic heterocycles. The summed E-state index contributed by atoms with van der Waals surface area (Å²) >= 11 is 1.04. The number of hydrogen-bond acceptors (Lipinski definition) is 7. The lowest BCUT2D eigenvalue weighted by Crippen LogP contribution is -2.19. The Hall–Kier alpha value is -1.57. The van der Waals surface area contributed by atoms with Crippen LogP contribution in [0.2, 0.25) is 0 Å². The van der Waals surface area contributed by atoms with Crippen molar-refractivity contribution in [2.45, 2.75) is 32.5 Å². The van der Waals surface area contributed by atoms with Gasteiger partial charge in [-0.05, 0) is 25.5 Å². The van der Waals surface area contributed by atoms with Gasteiger partial charge in [0.15, 0.2) is 16.6 Å². The zero-order valence-corrected chi connectivity index (χ0v) is 13.3. The van der Waals surface area contributed by atoms with Gasteiger partial charge in [-0.25, -0.2) is 0 Å². The van der Waals surface area contributed by atoms with Gasteiger partial charge in [-0.3, -0.25) is 9.59 Å². The Morgan fingerprint density at radius 1 is 1.41 bits per heavy atom. The van der Waals surface area contributed by atoms with Gasteiger partial charge in [-0.2, -0.15) is 0 Å². The molecule has 0 saturated heterocycles. The molecule has 0 aliphatic rings. The average molecular weight is 328 g/mol. The highest BCUT2D eigenvalue weighted by Gasteiger charge is 2.24. The number of aliphatic hydroxyl groups excluding tert-OH is 2. The minimum Gasteiger partial charge on any atom is -0.504 e. The number of phenols is 1. The Morgan fingerprint density at radius 3 is 2.64 bits per heavy atom. The molecule has 0 heterocycles. The maximum absolute atomic E-state index is 10.9. The second-order valence-electron chi connectivity index (χ2n) is 4.65. The van der Waals surface area contributed by atoms with Crippen LogP contribution in [0.1, 0.15) is 42.3 Å². The summed E-state index contributed by atoms with van der Waals surface area (Å²) in [6.07, 6.45) is -1.82. The topological polar surface area (TPSA) is 104 Å². The lowest BCUT2D eigenvalue weighted by Gasteiger charge is -2.20. The quantitative estimate of drug-likeness (QED) is 0.623. The number of aromatic hydroxyl groups is 1. The van der Waals surface area contributed by atoms with Gasteiger partial charge in [-0.1, -0.05) is 11.8 Å². The van der Waals surface area contributed by atoms with Crippen LogP contribution in [-0.2, 0) is 4.79 Å². The molecule has 0 radical (unpaired) electrons. The third kappa shape index (κ3) is 5.01. The summed E-state index contributed by atoms with van der Waals surface area (Å²) in [5, 5.41) is 30.2. The van der Waals surface area contributed by atoms with Crippen LogP contribution in [0.25, 0.3) is 0 Å². The van der Waals surface area contributed by atoms with E-state index in [2.05, 4.69) is 0 Å². The number of carbonyl (C=O) groups is 2. The number of ether oxygens (including phenoxy) is 1. The van der Waals surface area contributed by atoms with Crippen molar-refractivity contribution in [3.05, 3.63) is 23.3 Å². The molecule has 0 fully saturated rings. The molecule has 0 aliphatic carbocycles. The summed E-state index contributed by atoms with van der Waals surface area (Å²) in [7, 11) is 0. The van der Waals surface area contributed by atoms with Crippen molar-refractivity contribution in [2.24, 2.45) is 0 Å². The van der Waals surface area contributed by atoms with E-state index in [9.17, 15) is 24.9 Å². The molecule has 1 aromatic carbocycles. The van der Waals surface area contributed by atoms with Crippen LogP contribution in [0.5, 0.6) is 11.5 Å². The Balaban J connectivity index is 2.95. The molecule has 122 valence electrons. The molecule has 7 heteroatoms. The van der Waals surface area contributed by atoms with Crippen LogP contribution in [-0.4, -0.2) is 45.2 Å². The van der Waals surface area contributed by atoms with Crippen molar-refractivity contribution in [2.75, 3.05) is 12.4 Å². The predicted molar refractivity (Wildman–Crippen MR) is 83.4 cm³/mol. The van der Waals surface area contributed by atoms with Crippen molar-refractivity contribution in [3.63, 3.8) is 0 Å². The van der Waals surface area contributed by atoms with Gasteiger partial charge in [0.1, 0.15) is 12.4 Å². The minimum absolute atomic E-state index is 0.0216. The zero-order chi connectivity index (χ0) is 16.7. The van der Waals surface area contributed by atoms with Crippen LogP contribution in [0.4, 0.5) is 0 Å². The molecule has 0 amide bonds. The summed E-state index contributed by atoms with van der Waals surface area (Å²) < 4.78 is 5.21. The van der Waals surface area contributed by atoms with Crippen LogP contribution in [0, 0.1) is 0 Å². The van der Waals surface area contributed by atoms with Gasteiger partial charge < -0.3 is 20.1 Å². The fraction of sp³-hybridized carbons (Fsp3) is 0.467. The van der Waals surface area contributed by atoms with Gasteiger partial charge in [-0.15, -0.1) is 0 Å². The smallest absolute Gasteiger partial charge is 0.185 e. The molecule has 2 unspecified atom stereocenters. The number of benzene rings is 1. The van der Waals surface area contributed by atoms with E-state index < -0.39 is 12.2 Å². The number of aldehydes is 1. The largest absolute Gasteiger partial charge is 0.504 e. The third-order valence-corrected chi connectivity index (χ3v) is 3.81. The molecular formula is C15H20O6S. The number of hydrogen-bond donors (Lipinski definition) is 3. The van der Waals surface area contributed by atoms with E-state index in [1.807, 2.05) is 0 Å². The van der Waals surface area contributed by atoms with E-state index in [-0.39, 0.29) is 40.8 Å². The molecule has 0 aromatic heterocycles. The van der Waals surface area contributed by atoms with E-state index in [1.54, 1.807) is 6.92 Å². The van der Waals surface area contributed by atoms with E-state index in [4.69, 9.17) is 4.74 Å². The summed E-state index contributed by atoms with van der Waals surface area (Å²) in [5.74, 6) is 0.115.